The van der Waals surface area contributed by atoms with Gasteiger partial charge in [-0.2, -0.15) is 0 Å². The zero-order valence-corrected chi connectivity index (χ0v) is 30.7. The van der Waals surface area contributed by atoms with Gasteiger partial charge in [0.05, 0.1) is 16.7 Å². The summed E-state index contributed by atoms with van der Waals surface area (Å²) in [4.78, 5) is 5.26. The highest BCUT2D eigenvalue weighted by atomic mass is 16.3. The Kier molecular flexibility index (Phi) is 7.03. The van der Waals surface area contributed by atoms with Crippen LogP contribution in [0.2, 0.25) is 0 Å². The number of aliphatic imine (C=N–C) groups is 1. The first-order valence-electron chi connectivity index (χ1n) is 19.4. The Balaban J connectivity index is 1.00. The van der Waals surface area contributed by atoms with Crippen LogP contribution in [0.4, 0.5) is 0 Å². The zero-order valence-electron chi connectivity index (χ0n) is 30.7. The van der Waals surface area contributed by atoms with Crippen molar-refractivity contribution in [1.29, 1.82) is 0 Å². The fourth-order valence-electron chi connectivity index (χ4n) is 8.94. The predicted octanol–water partition coefficient (Wildman–Crippen LogP) is 12.6. The Hall–Kier alpha value is -7.41. The molecule has 8 aromatic carbocycles. The van der Waals surface area contributed by atoms with E-state index in [0.717, 1.165) is 94.3 Å². The van der Waals surface area contributed by atoms with E-state index in [0.29, 0.717) is 0 Å². The molecule has 6 nitrogen and oxygen atoms in total. The summed E-state index contributed by atoms with van der Waals surface area (Å²) in [7, 11) is 0. The predicted molar refractivity (Wildman–Crippen MR) is 232 cm³/mol. The van der Waals surface area contributed by atoms with Gasteiger partial charge in [-0.05, 0) is 64.7 Å². The summed E-state index contributed by atoms with van der Waals surface area (Å²) in [5.74, 6) is 0.822. The largest absolute Gasteiger partial charge is 0.456 e. The van der Waals surface area contributed by atoms with Crippen LogP contribution in [0.1, 0.15) is 29.0 Å². The average Bonchev–Trinajstić information content (AvgIpc) is 3.96. The second kappa shape index (κ2) is 12.6. The highest BCUT2D eigenvalue weighted by molar-refractivity contribution is 6.20. The Morgan fingerprint density at radius 2 is 1.09 bits per heavy atom. The minimum Gasteiger partial charge on any atom is -0.456 e. The van der Waals surface area contributed by atoms with Crippen LogP contribution in [0.15, 0.2) is 196 Å². The van der Waals surface area contributed by atoms with Crippen LogP contribution >= 0.6 is 0 Å². The summed E-state index contributed by atoms with van der Waals surface area (Å²) in [6, 6.07) is 63.6. The lowest BCUT2D eigenvalue weighted by Crippen LogP contribution is -2.45. The Labute approximate surface area is 327 Å². The lowest BCUT2D eigenvalue weighted by atomic mass is 9.97. The highest BCUT2D eigenvalue weighted by Crippen LogP contribution is 2.43. The van der Waals surface area contributed by atoms with Gasteiger partial charge in [0, 0.05) is 37.9 Å². The molecular weight excluding hydrogens is 701 g/mol. The molecule has 2 unspecified atom stereocenters. The molecule has 1 aliphatic rings. The minimum absolute atomic E-state index is 0.135. The van der Waals surface area contributed by atoms with Gasteiger partial charge in [0.25, 0.3) is 0 Å². The third kappa shape index (κ3) is 4.98. The summed E-state index contributed by atoms with van der Waals surface area (Å²) < 4.78 is 15.8. The molecule has 1 aliphatic heterocycles. The first-order chi connectivity index (χ1) is 28.3. The number of nitrogens with zero attached hydrogens (tertiary/aromatic N) is 2. The molecule has 4 heterocycles. The molecule has 0 aliphatic carbocycles. The normalized spacial score (nSPS) is 15.9. The molecule has 2 N–H and O–H groups in total. The summed E-state index contributed by atoms with van der Waals surface area (Å²) in [6.45, 7) is 0. The van der Waals surface area contributed by atoms with Gasteiger partial charge in [-0.25, -0.2) is 4.99 Å². The molecule has 57 heavy (non-hydrogen) atoms. The number of amidine groups is 1. The second-order valence-electron chi connectivity index (χ2n) is 14.7. The van der Waals surface area contributed by atoms with Gasteiger partial charge in [0.2, 0.25) is 0 Å². The molecule has 0 saturated carbocycles. The van der Waals surface area contributed by atoms with Gasteiger partial charge in [-0.1, -0.05) is 140 Å². The van der Waals surface area contributed by atoms with E-state index in [9.17, 15) is 0 Å². The van der Waals surface area contributed by atoms with Crippen molar-refractivity contribution in [3.63, 3.8) is 0 Å². The van der Waals surface area contributed by atoms with Gasteiger partial charge >= 0.3 is 0 Å². The summed E-state index contributed by atoms with van der Waals surface area (Å²) in [6.07, 6.45) is -0.363. The second-order valence-corrected chi connectivity index (χ2v) is 14.7. The molecule has 0 bridgehead atoms. The van der Waals surface area contributed by atoms with Crippen LogP contribution in [0.3, 0.4) is 0 Å². The lowest BCUT2D eigenvalue weighted by molar-refractivity contribution is 0.409. The van der Waals surface area contributed by atoms with Crippen molar-refractivity contribution in [2.75, 3.05) is 0 Å². The molecule has 0 spiro atoms. The summed E-state index contributed by atoms with van der Waals surface area (Å²) in [5.41, 5.74) is 12.1. The maximum atomic E-state index is 6.80. The number of hydrogen-bond donors (Lipinski definition) is 2. The van der Waals surface area contributed by atoms with E-state index in [2.05, 4.69) is 179 Å². The Morgan fingerprint density at radius 1 is 0.474 bits per heavy atom. The molecule has 2 atom stereocenters. The molecule has 6 heteroatoms. The average molecular weight is 735 g/mol. The van der Waals surface area contributed by atoms with Gasteiger partial charge in [-0.3, -0.25) is 5.32 Å². The van der Waals surface area contributed by atoms with Crippen LogP contribution in [0, 0.1) is 0 Å². The van der Waals surface area contributed by atoms with E-state index < -0.39 is 0 Å². The van der Waals surface area contributed by atoms with Crippen molar-refractivity contribution >= 4 is 71.5 Å². The Bertz CT molecular complexity index is 3320. The van der Waals surface area contributed by atoms with E-state index in [4.69, 9.17) is 13.8 Å². The molecular formula is C51H34N4O2. The minimum atomic E-state index is -0.228. The van der Waals surface area contributed by atoms with Crippen LogP contribution in [-0.4, -0.2) is 10.4 Å². The smallest absolute Gasteiger partial charge is 0.159 e. The number of aromatic nitrogens is 1. The van der Waals surface area contributed by atoms with Gasteiger partial charge in [0.1, 0.15) is 34.9 Å². The molecule has 270 valence electrons. The van der Waals surface area contributed by atoms with Crippen molar-refractivity contribution < 1.29 is 8.83 Å². The fraction of sp³-hybridized carbons (Fsp3) is 0.0392. The molecule has 12 rings (SSSR count). The summed E-state index contributed by atoms with van der Waals surface area (Å²) >= 11 is 0. The van der Waals surface area contributed by atoms with E-state index >= 15 is 0 Å². The number of rotatable bonds is 5. The third-order valence-electron chi connectivity index (χ3n) is 11.5. The fourth-order valence-corrected chi connectivity index (χ4v) is 8.94. The van der Waals surface area contributed by atoms with Gasteiger partial charge < -0.3 is 18.7 Å². The van der Waals surface area contributed by atoms with Crippen LogP contribution in [0.5, 0.6) is 0 Å². The maximum Gasteiger partial charge on any atom is 0.159 e. The van der Waals surface area contributed by atoms with Crippen molar-refractivity contribution in [1.82, 2.24) is 15.2 Å². The third-order valence-corrected chi connectivity index (χ3v) is 11.5. The van der Waals surface area contributed by atoms with Crippen LogP contribution in [0.25, 0.3) is 82.5 Å². The number of fused-ring (bicyclic) bond motifs is 9. The van der Waals surface area contributed by atoms with E-state index in [1.54, 1.807) is 0 Å². The van der Waals surface area contributed by atoms with E-state index in [-0.39, 0.29) is 12.3 Å². The molecule has 11 aromatic rings. The van der Waals surface area contributed by atoms with E-state index in [1.165, 1.54) is 10.8 Å². The maximum absolute atomic E-state index is 6.80. The van der Waals surface area contributed by atoms with Gasteiger partial charge in [0.15, 0.2) is 5.58 Å². The zero-order chi connectivity index (χ0) is 37.5. The van der Waals surface area contributed by atoms with Crippen LogP contribution < -0.4 is 10.6 Å². The first-order valence-corrected chi connectivity index (χ1v) is 19.4. The lowest BCUT2D eigenvalue weighted by Gasteiger charge is -2.32. The van der Waals surface area contributed by atoms with Crippen molar-refractivity contribution in [3.8, 4) is 16.8 Å². The SMILES string of the molecule is c1ccc(C2N=C(c3cccc4oc5cc(-c6cccc7oc8c(-n9c%10ccccc%10c%10ccccc%109)cccc8c67)ccc5c34)NC(c3ccccc3)N2)cc1. The topological polar surface area (TPSA) is 67.6 Å². The van der Waals surface area contributed by atoms with Crippen molar-refractivity contribution in [2.45, 2.75) is 12.3 Å². The number of furan rings is 2. The number of hydrogen-bond acceptors (Lipinski definition) is 5. The molecule has 0 saturated heterocycles. The first kappa shape index (κ1) is 31.9. The van der Waals surface area contributed by atoms with Gasteiger partial charge in [-0.15, -0.1) is 0 Å². The summed E-state index contributed by atoms with van der Waals surface area (Å²) in [5, 5.41) is 14.1. The number of benzene rings is 8. The molecule has 3 aromatic heterocycles. The van der Waals surface area contributed by atoms with Crippen LogP contribution in [-0.2, 0) is 0 Å². The number of para-hydroxylation sites is 3. The highest BCUT2D eigenvalue weighted by Gasteiger charge is 2.27. The number of nitrogens with one attached hydrogen (secondary N) is 2. The molecule has 0 radical (unpaired) electrons. The molecule has 0 amide bonds. The molecule has 0 fully saturated rings. The monoisotopic (exact) mass is 734 g/mol. The van der Waals surface area contributed by atoms with E-state index in [1.807, 2.05) is 18.2 Å². The van der Waals surface area contributed by atoms with Crippen molar-refractivity contribution in [3.05, 3.63) is 199 Å². The standard InChI is InChI=1S/C51H34N4O2/c1-3-14-31(15-4-1)49-52-50(32-16-5-2-6-17-32)54-51(53-49)39-22-13-26-43-47(39)37-29-28-33(30-45(37)56-43)34-20-12-27-44-46(34)38-21-11-25-42(48(38)57-44)55-40-23-9-7-18-35(40)36-19-8-10-24-41(36)55/h1-30,49-50,52H,(H,53,54). The Morgan fingerprint density at radius 3 is 1.84 bits per heavy atom. The quantitative estimate of drug-likeness (QED) is 0.185. The van der Waals surface area contributed by atoms with Crippen molar-refractivity contribution in [2.24, 2.45) is 4.99 Å².